The molecule has 0 bridgehead atoms. The molecule has 4 rings (SSSR count). The Morgan fingerprint density at radius 3 is 1.00 bits per heavy atom. The van der Waals surface area contributed by atoms with Crippen molar-refractivity contribution in [1.29, 1.82) is 0 Å². The predicted octanol–water partition coefficient (Wildman–Crippen LogP) is 7.53. The number of amides is 2. The molecule has 0 radical (unpaired) electrons. The lowest BCUT2D eigenvalue weighted by atomic mass is 9.87. The van der Waals surface area contributed by atoms with E-state index >= 15 is 0 Å². The smallest absolute Gasteiger partial charge is 0.330 e. The molecule has 0 aromatic heterocycles. The largest absolute Gasteiger partial charge is 0.463 e. The summed E-state index contributed by atoms with van der Waals surface area (Å²) in [6.07, 6.45) is 17.8. The van der Waals surface area contributed by atoms with Crippen molar-refractivity contribution >= 4 is 41.7 Å². The van der Waals surface area contributed by atoms with E-state index < -0.39 is 71.7 Å². The van der Waals surface area contributed by atoms with Gasteiger partial charge in [-0.15, -0.1) is 0 Å². The fraction of sp³-hybridized carbons (Fsp3) is 0.745. The third-order valence-electron chi connectivity index (χ3n) is 13.2. The van der Waals surface area contributed by atoms with Crippen LogP contribution in [0.15, 0.2) is 38.0 Å². The van der Waals surface area contributed by atoms with Gasteiger partial charge < -0.3 is 37.9 Å². The Morgan fingerprint density at radius 1 is 0.418 bits per heavy atom. The highest BCUT2D eigenvalue weighted by Gasteiger charge is 2.56. The molecule has 16 heteroatoms. The number of imide groups is 1. The third-order valence-corrected chi connectivity index (χ3v) is 13.2. The number of nitrogens with zero attached hydrogens (tertiary/aromatic N) is 1. The van der Waals surface area contributed by atoms with E-state index in [0.717, 1.165) is 95.3 Å². The molecule has 4 fully saturated rings. The molecule has 16 nitrogen and oxygen atoms in total. The van der Waals surface area contributed by atoms with Gasteiger partial charge in [0, 0.05) is 44.1 Å². The summed E-state index contributed by atoms with van der Waals surface area (Å²) in [4.78, 5) is 90.4. The Balaban J connectivity index is 1.24. The monoisotopic (exact) mass is 944 g/mol. The molecule has 2 amide bonds. The zero-order valence-electron chi connectivity index (χ0n) is 39.8. The Bertz CT molecular complexity index is 1500. The Morgan fingerprint density at radius 2 is 0.701 bits per heavy atom. The van der Waals surface area contributed by atoms with Crippen LogP contribution in [0.2, 0.25) is 0 Å². The van der Waals surface area contributed by atoms with Crippen molar-refractivity contribution in [2.75, 3.05) is 39.6 Å². The minimum absolute atomic E-state index is 0.00340. The Labute approximate surface area is 397 Å². The average molecular weight is 944 g/mol. The van der Waals surface area contributed by atoms with Crippen molar-refractivity contribution in [3.63, 3.8) is 0 Å². The Hall–Kier alpha value is -4.41. The maximum Gasteiger partial charge on any atom is 0.330 e. The zero-order chi connectivity index (χ0) is 48.2. The molecular weight excluding hydrogens is 867 g/mol. The Kier molecular flexibility index (Phi) is 26.0. The van der Waals surface area contributed by atoms with Crippen LogP contribution in [0.4, 0.5) is 0 Å². The van der Waals surface area contributed by atoms with Crippen LogP contribution in [-0.2, 0) is 71.5 Å². The average Bonchev–Trinajstić information content (AvgIpc) is 3.57. The molecule has 1 heterocycles. The third kappa shape index (κ3) is 20.0. The van der Waals surface area contributed by atoms with Crippen LogP contribution in [0.1, 0.15) is 154 Å². The van der Waals surface area contributed by atoms with Gasteiger partial charge in [-0.1, -0.05) is 39.0 Å². The van der Waals surface area contributed by atoms with Gasteiger partial charge in [-0.2, -0.15) is 0 Å². The fourth-order valence-electron chi connectivity index (χ4n) is 9.19. The first kappa shape index (κ1) is 55.2. The topological polar surface area (TPSA) is 197 Å². The fourth-order valence-corrected chi connectivity index (χ4v) is 9.19. The number of carbonyl (C=O) groups excluding carboxylic acids is 7. The lowest BCUT2D eigenvalue weighted by Gasteiger charge is -2.33. The van der Waals surface area contributed by atoms with Gasteiger partial charge in [0.25, 0.3) is 11.8 Å². The van der Waals surface area contributed by atoms with E-state index in [1.165, 1.54) is 4.90 Å². The number of carbonyl (C=O) groups is 7. The van der Waals surface area contributed by atoms with Crippen LogP contribution in [0.3, 0.4) is 0 Å². The number of ether oxygens (including phenoxy) is 8. The molecule has 0 aromatic carbocycles. The van der Waals surface area contributed by atoms with Crippen molar-refractivity contribution in [3.8, 4) is 0 Å². The van der Waals surface area contributed by atoms with Crippen LogP contribution in [0, 0.1) is 11.8 Å². The normalized spacial score (nSPS) is 25.2. The minimum atomic E-state index is -1.55. The summed E-state index contributed by atoms with van der Waals surface area (Å²) in [7, 11) is 0. The van der Waals surface area contributed by atoms with Gasteiger partial charge in [0.15, 0.2) is 0 Å². The second-order valence-electron chi connectivity index (χ2n) is 18.1. The summed E-state index contributed by atoms with van der Waals surface area (Å²) in [6, 6.07) is -0.437. The lowest BCUT2D eigenvalue weighted by molar-refractivity contribution is -0.176. The van der Waals surface area contributed by atoms with Crippen LogP contribution in [0.25, 0.3) is 0 Å². The maximum atomic E-state index is 14.2. The SMILES string of the molecule is C=CC(=O)OCCCCCCOC1CCC(C(=O)OC2C(=O)N(C3CCC(OCCCCCCOC(=O)C=C)CC3)C(=O)C2OC(=O)C2CCC(OCCCCCCOC(=O)C=C)CC2)CC1. The number of rotatable bonds is 32. The molecule has 376 valence electrons. The summed E-state index contributed by atoms with van der Waals surface area (Å²) < 4.78 is 45.2. The van der Waals surface area contributed by atoms with Crippen LogP contribution < -0.4 is 0 Å². The van der Waals surface area contributed by atoms with Gasteiger partial charge in [0.2, 0.25) is 12.2 Å². The molecule has 0 spiro atoms. The van der Waals surface area contributed by atoms with E-state index in [4.69, 9.17) is 37.9 Å². The van der Waals surface area contributed by atoms with Crippen molar-refractivity contribution in [2.45, 2.75) is 191 Å². The van der Waals surface area contributed by atoms with E-state index in [1.54, 1.807) is 0 Å². The number of esters is 5. The van der Waals surface area contributed by atoms with Crippen molar-refractivity contribution in [1.82, 2.24) is 4.90 Å². The number of hydrogen-bond donors (Lipinski definition) is 0. The second-order valence-corrected chi connectivity index (χ2v) is 18.1. The van der Waals surface area contributed by atoms with Crippen molar-refractivity contribution in [2.24, 2.45) is 11.8 Å². The standard InChI is InChI=1S/C51H77NO15/c1-4-43(53)63-34-16-10-7-13-31-60-40-25-19-37(20-26-40)50(58)66-46-47(67-51(59)38-21-27-41(28-22-38)61-32-14-8-11-17-35-64-44(54)5-2)49(57)52(48(46)56)39-23-29-42(30-24-39)62-33-15-9-12-18-36-65-45(55)6-3/h4-6,37-42,46-47H,1-3,7-36H2. The summed E-state index contributed by atoms with van der Waals surface area (Å²) in [5.41, 5.74) is 0. The molecule has 67 heavy (non-hydrogen) atoms. The van der Waals surface area contributed by atoms with Crippen LogP contribution in [-0.4, -0.2) is 123 Å². The van der Waals surface area contributed by atoms with Gasteiger partial charge in [-0.3, -0.25) is 24.1 Å². The molecule has 2 unspecified atom stereocenters. The molecule has 3 saturated carbocycles. The first-order valence-electron chi connectivity index (χ1n) is 25.0. The minimum Gasteiger partial charge on any atom is -0.463 e. The number of unbranched alkanes of at least 4 members (excludes halogenated alkanes) is 9. The van der Waals surface area contributed by atoms with Gasteiger partial charge in [-0.05, 0) is 135 Å². The second kappa shape index (κ2) is 31.6. The lowest BCUT2D eigenvalue weighted by Crippen LogP contribution is -2.44. The molecule has 4 aliphatic rings. The number of hydrogen-bond acceptors (Lipinski definition) is 15. The highest BCUT2D eigenvalue weighted by atomic mass is 16.6. The van der Waals surface area contributed by atoms with Crippen LogP contribution >= 0.6 is 0 Å². The molecule has 2 atom stereocenters. The van der Waals surface area contributed by atoms with E-state index in [9.17, 15) is 33.6 Å². The molecular formula is C51H77NO15. The summed E-state index contributed by atoms with van der Waals surface area (Å²) in [6.45, 7) is 13.0. The van der Waals surface area contributed by atoms with Crippen LogP contribution in [0.5, 0.6) is 0 Å². The van der Waals surface area contributed by atoms with E-state index in [1.807, 2.05) is 0 Å². The van der Waals surface area contributed by atoms with Gasteiger partial charge >= 0.3 is 29.8 Å². The summed E-state index contributed by atoms with van der Waals surface area (Å²) in [5.74, 6) is -4.67. The predicted molar refractivity (Wildman–Crippen MR) is 246 cm³/mol. The molecule has 0 aromatic rings. The maximum absolute atomic E-state index is 14.2. The molecule has 3 aliphatic carbocycles. The number of likely N-dealkylation sites (tertiary alicyclic amines) is 1. The zero-order valence-corrected chi connectivity index (χ0v) is 39.8. The first-order chi connectivity index (χ1) is 32.5. The van der Waals surface area contributed by atoms with E-state index in [-0.39, 0.29) is 18.3 Å². The summed E-state index contributed by atoms with van der Waals surface area (Å²) in [5, 5.41) is 0. The molecule has 1 aliphatic heterocycles. The van der Waals surface area contributed by atoms with Gasteiger partial charge in [0.05, 0.1) is 50.0 Å². The highest BCUT2D eigenvalue weighted by molar-refractivity contribution is 6.09. The molecule has 1 saturated heterocycles. The van der Waals surface area contributed by atoms with E-state index in [2.05, 4.69) is 19.7 Å². The van der Waals surface area contributed by atoms with Gasteiger partial charge in [0.1, 0.15) is 0 Å². The van der Waals surface area contributed by atoms with Crippen molar-refractivity contribution < 1.29 is 71.5 Å². The highest BCUT2D eigenvalue weighted by Crippen LogP contribution is 2.35. The van der Waals surface area contributed by atoms with Gasteiger partial charge in [-0.25, -0.2) is 14.4 Å². The van der Waals surface area contributed by atoms with Crippen molar-refractivity contribution in [3.05, 3.63) is 38.0 Å². The van der Waals surface area contributed by atoms with E-state index in [0.29, 0.717) is 117 Å². The quantitative estimate of drug-likeness (QED) is 0.0211. The first-order valence-corrected chi connectivity index (χ1v) is 25.0. The summed E-state index contributed by atoms with van der Waals surface area (Å²) >= 11 is 0. The molecule has 0 N–H and O–H groups in total.